The van der Waals surface area contributed by atoms with Crippen LogP contribution in [0.3, 0.4) is 0 Å². The van der Waals surface area contributed by atoms with Crippen molar-refractivity contribution in [1.29, 1.82) is 0 Å². The zero-order valence-electron chi connectivity index (χ0n) is 17.2. The lowest BCUT2D eigenvalue weighted by atomic mass is 10.2. The van der Waals surface area contributed by atoms with Crippen molar-refractivity contribution >= 4 is 23.7 Å². The summed E-state index contributed by atoms with van der Waals surface area (Å²) >= 11 is 1.25. The van der Waals surface area contributed by atoms with E-state index in [4.69, 9.17) is 4.74 Å². The van der Waals surface area contributed by atoms with E-state index >= 15 is 0 Å². The average Bonchev–Trinajstić information content (AvgIpc) is 3.50. The van der Waals surface area contributed by atoms with Crippen LogP contribution in [0.4, 0.5) is 4.79 Å². The molecule has 0 bridgehead atoms. The second-order valence-electron chi connectivity index (χ2n) is 7.20. The highest BCUT2D eigenvalue weighted by Crippen LogP contribution is 2.31. The van der Waals surface area contributed by atoms with Gasteiger partial charge in [-0.3, -0.25) is 14.7 Å². The number of urea groups is 1. The van der Waals surface area contributed by atoms with Crippen LogP contribution in [0.25, 0.3) is 17.1 Å². The van der Waals surface area contributed by atoms with Crippen molar-refractivity contribution in [3.05, 3.63) is 54.6 Å². The molecular weight excluding hydrogens is 414 g/mol. The Kier molecular flexibility index (Phi) is 6.22. The molecular formula is C22H23N5O3S. The van der Waals surface area contributed by atoms with E-state index in [0.717, 1.165) is 29.8 Å². The van der Waals surface area contributed by atoms with Crippen LogP contribution in [0.5, 0.6) is 5.75 Å². The van der Waals surface area contributed by atoms with Crippen molar-refractivity contribution in [1.82, 2.24) is 25.4 Å². The van der Waals surface area contributed by atoms with Crippen LogP contribution >= 0.6 is 11.8 Å². The Hall–Kier alpha value is -3.33. The van der Waals surface area contributed by atoms with Gasteiger partial charge < -0.3 is 10.1 Å². The van der Waals surface area contributed by atoms with E-state index in [0.29, 0.717) is 11.0 Å². The van der Waals surface area contributed by atoms with E-state index in [2.05, 4.69) is 20.8 Å². The fourth-order valence-corrected chi connectivity index (χ4v) is 3.82. The molecule has 9 heteroatoms. The standard InChI is InChI=1S/C22H23N5O3S/c1-14(20(28)24-21(29)23-16-10-11-16)31-22-26-25-19(15-8-12-18(30-2)13-9-15)27(22)17-6-4-3-5-7-17/h3-9,12-14,16H,10-11H2,1-2H3,(H2,23,24,28,29). The van der Waals surface area contributed by atoms with E-state index in [-0.39, 0.29) is 11.9 Å². The highest BCUT2D eigenvalue weighted by Gasteiger charge is 2.26. The van der Waals surface area contributed by atoms with Crippen molar-refractivity contribution < 1.29 is 14.3 Å². The molecule has 0 aliphatic heterocycles. The number of benzene rings is 2. The number of nitrogens with zero attached hydrogens (tertiary/aromatic N) is 3. The Labute approximate surface area is 184 Å². The minimum atomic E-state index is -0.541. The second-order valence-corrected chi connectivity index (χ2v) is 8.51. The molecule has 1 heterocycles. The van der Waals surface area contributed by atoms with Crippen LogP contribution in [0, 0.1) is 0 Å². The smallest absolute Gasteiger partial charge is 0.321 e. The first-order valence-electron chi connectivity index (χ1n) is 9.98. The summed E-state index contributed by atoms with van der Waals surface area (Å²) in [6.45, 7) is 1.74. The molecule has 3 amide bonds. The number of para-hydroxylation sites is 1. The highest BCUT2D eigenvalue weighted by molar-refractivity contribution is 8.00. The van der Waals surface area contributed by atoms with E-state index < -0.39 is 11.3 Å². The quantitative estimate of drug-likeness (QED) is 0.550. The molecule has 3 aromatic rings. The Morgan fingerprint density at radius 2 is 1.81 bits per heavy atom. The lowest BCUT2D eigenvalue weighted by Gasteiger charge is -2.14. The lowest BCUT2D eigenvalue weighted by molar-refractivity contribution is -0.119. The van der Waals surface area contributed by atoms with Crippen molar-refractivity contribution in [3.63, 3.8) is 0 Å². The molecule has 160 valence electrons. The van der Waals surface area contributed by atoms with Gasteiger partial charge >= 0.3 is 6.03 Å². The predicted molar refractivity (Wildman–Crippen MR) is 118 cm³/mol. The number of imide groups is 1. The first-order chi connectivity index (χ1) is 15.0. The first-order valence-corrected chi connectivity index (χ1v) is 10.9. The van der Waals surface area contributed by atoms with Gasteiger partial charge in [0.05, 0.1) is 12.4 Å². The van der Waals surface area contributed by atoms with Crippen molar-refractivity contribution in [2.24, 2.45) is 0 Å². The number of hydrogen-bond donors (Lipinski definition) is 2. The van der Waals surface area contributed by atoms with E-state index in [1.54, 1.807) is 14.0 Å². The summed E-state index contributed by atoms with van der Waals surface area (Å²) in [6, 6.07) is 17.0. The van der Waals surface area contributed by atoms with Crippen LogP contribution in [-0.4, -0.2) is 45.1 Å². The van der Waals surface area contributed by atoms with Gasteiger partial charge in [0.2, 0.25) is 5.91 Å². The van der Waals surface area contributed by atoms with Gasteiger partial charge in [0.25, 0.3) is 0 Å². The molecule has 1 fully saturated rings. The largest absolute Gasteiger partial charge is 0.497 e. The summed E-state index contributed by atoms with van der Waals surface area (Å²) in [5, 5.41) is 13.9. The maximum absolute atomic E-state index is 12.5. The monoisotopic (exact) mass is 437 g/mol. The van der Waals surface area contributed by atoms with Gasteiger partial charge in [-0.25, -0.2) is 4.79 Å². The highest BCUT2D eigenvalue weighted by atomic mass is 32.2. The number of nitrogens with one attached hydrogen (secondary N) is 2. The second kappa shape index (κ2) is 9.22. The van der Waals surface area contributed by atoms with Crippen LogP contribution < -0.4 is 15.4 Å². The van der Waals surface area contributed by atoms with Crippen LogP contribution in [-0.2, 0) is 4.79 Å². The number of hydrogen-bond acceptors (Lipinski definition) is 6. The van der Waals surface area contributed by atoms with Crippen LogP contribution in [0.15, 0.2) is 59.8 Å². The van der Waals surface area contributed by atoms with Gasteiger partial charge in [0.1, 0.15) is 5.75 Å². The fraction of sp³-hybridized carbons (Fsp3) is 0.273. The summed E-state index contributed by atoms with van der Waals surface area (Å²) in [4.78, 5) is 24.4. The number of carbonyl (C=O) groups is 2. The number of thioether (sulfide) groups is 1. The molecule has 1 aliphatic carbocycles. The summed E-state index contributed by atoms with van der Waals surface area (Å²) in [6.07, 6.45) is 1.92. The average molecular weight is 438 g/mol. The van der Waals surface area contributed by atoms with Crippen molar-refractivity contribution in [3.8, 4) is 22.8 Å². The van der Waals surface area contributed by atoms with Crippen LogP contribution in [0.2, 0.25) is 0 Å². The molecule has 1 unspecified atom stereocenters. The number of aromatic nitrogens is 3. The molecule has 1 atom stereocenters. The fourth-order valence-electron chi connectivity index (χ4n) is 2.96. The van der Waals surface area contributed by atoms with Gasteiger partial charge in [-0.15, -0.1) is 10.2 Å². The molecule has 2 aromatic carbocycles. The van der Waals surface area contributed by atoms with E-state index in [1.807, 2.05) is 59.2 Å². The molecule has 0 spiro atoms. The Morgan fingerprint density at radius 3 is 2.45 bits per heavy atom. The lowest BCUT2D eigenvalue weighted by Crippen LogP contribution is -2.43. The third-order valence-corrected chi connectivity index (χ3v) is 5.84. The van der Waals surface area contributed by atoms with Gasteiger partial charge in [-0.05, 0) is 56.2 Å². The van der Waals surface area contributed by atoms with Gasteiger partial charge in [-0.2, -0.15) is 0 Å². The molecule has 0 radical (unpaired) electrons. The number of rotatable bonds is 7. The topological polar surface area (TPSA) is 98.1 Å². The first kappa shape index (κ1) is 20.9. The van der Waals surface area contributed by atoms with Crippen molar-refractivity contribution in [2.75, 3.05) is 7.11 Å². The normalized spacial score (nSPS) is 14.0. The summed E-state index contributed by atoms with van der Waals surface area (Å²) < 4.78 is 7.14. The minimum absolute atomic E-state index is 0.184. The van der Waals surface area contributed by atoms with E-state index in [9.17, 15) is 9.59 Å². The third-order valence-electron chi connectivity index (χ3n) is 4.80. The van der Waals surface area contributed by atoms with Gasteiger partial charge in [0, 0.05) is 17.3 Å². The number of ether oxygens (including phenoxy) is 1. The summed E-state index contributed by atoms with van der Waals surface area (Å²) in [7, 11) is 1.62. The molecule has 1 aromatic heterocycles. The Balaban J connectivity index is 1.58. The van der Waals surface area contributed by atoms with Gasteiger partial charge in [-0.1, -0.05) is 30.0 Å². The SMILES string of the molecule is COc1ccc(-c2nnc(SC(C)C(=O)NC(=O)NC3CC3)n2-c2ccccc2)cc1. The maximum Gasteiger partial charge on any atom is 0.321 e. The minimum Gasteiger partial charge on any atom is -0.497 e. The predicted octanol–water partition coefficient (Wildman–Crippen LogP) is 3.41. The van der Waals surface area contributed by atoms with Crippen molar-refractivity contribution in [2.45, 2.75) is 36.2 Å². The molecule has 4 rings (SSSR count). The molecule has 8 nitrogen and oxygen atoms in total. The molecule has 1 saturated carbocycles. The Bertz CT molecular complexity index is 1060. The Morgan fingerprint density at radius 1 is 1.10 bits per heavy atom. The molecule has 31 heavy (non-hydrogen) atoms. The number of amides is 3. The third kappa shape index (κ3) is 5.05. The number of carbonyl (C=O) groups excluding carboxylic acids is 2. The summed E-state index contributed by atoms with van der Waals surface area (Å²) in [5.41, 5.74) is 1.74. The van der Waals surface area contributed by atoms with E-state index in [1.165, 1.54) is 11.8 Å². The molecule has 0 saturated heterocycles. The maximum atomic E-state index is 12.5. The molecule has 1 aliphatic rings. The zero-order valence-corrected chi connectivity index (χ0v) is 18.1. The van der Waals surface area contributed by atoms with Gasteiger partial charge in [0.15, 0.2) is 11.0 Å². The molecule has 2 N–H and O–H groups in total. The number of methoxy groups -OCH3 is 1. The zero-order chi connectivity index (χ0) is 21.8. The summed E-state index contributed by atoms with van der Waals surface area (Å²) in [5.74, 6) is 1.02. The van der Waals surface area contributed by atoms with Crippen LogP contribution in [0.1, 0.15) is 19.8 Å².